The summed E-state index contributed by atoms with van der Waals surface area (Å²) in [6, 6.07) is 14.5. The number of carbonyl (C=O) groups is 2. The van der Waals surface area contributed by atoms with Crippen molar-refractivity contribution in [2.75, 3.05) is 26.1 Å². The first kappa shape index (κ1) is 23.6. The molecule has 1 aliphatic rings. The Bertz CT molecular complexity index is 921. The first-order chi connectivity index (χ1) is 15.4. The summed E-state index contributed by atoms with van der Waals surface area (Å²) < 4.78 is 10.9. The second kappa shape index (κ2) is 11.0. The summed E-state index contributed by atoms with van der Waals surface area (Å²) in [6.07, 6.45) is 3.30. The summed E-state index contributed by atoms with van der Waals surface area (Å²) in [5, 5.41) is 6.14. The molecular weight excluding hydrogens is 406 g/mol. The van der Waals surface area contributed by atoms with Gasteiger partial charge in [0.15, 0.2) is 0 Å². The Hall–Kier alpha value is -3.06. The quantitative estimate of drug-likeness (QED) is 0.679. The molecule has 1 saturated carbocycles. The van der Waals surface area contributed by atoms with Gasteiger partial charge in [-0.15, -0.1) is 0 Å². The molecule has 0 radical (unpaired) electrons. The molecule has 0 atom stereocenters. The summed E-state index contributed by atoms with van der Waals surface area (Å²) in [4.78, 5) is 24.6. The molecule has 1 fully saturated rings. The fourth-order valence-corrected chi connectivity index (χ4v) is 4.00. The topological polar surface area (TPSA) is 79.9 Å². The van der Waals surface area contributed by atoms with Crippen molar-refractivity contribution >= 4 is 17.7 Å². The summed E-state index contributed by atoms with van der Waals surface area (Å²) in [5.74, 6) is 0.857. The third-order valence-corrected chi connectivity index (χ3v) is 6.07. The number of amides is 2. The van der Waals surface area contributed by atoms with Gasteiger partial charge in [0.25, 0.3) is 0 Å². The van der Waals surface area contributed by atoms with Crippen LogP contribution in [-0.2, 0) is 16.1 Å². The van der Waals surface area contributed by atoms with E-state index in [0.29, 0.717) is 12.6 Å². The molecule has 3 rings (SSSR count). The molecule has 0 heterocycles. The van der Waals surface area contributed by atoms with E-state index >= 15 is 0 Å². The number of rotatable bonds is 7. The number of methoxy groups -OCH3 is 1. The molecule has 7 nitrogen and oxygen atoms in total. The molecule has 2 aromatic rings. The number of hydrogen-bond acceptors (Lipinski definition) is 5. The summed E-state index contributed by atoms with van der Waals surface area (Å²) in [5.41, 5.74) is 4.15. The van der Waals surface area contributed by atoms with Gasteiger partial charge < -0.3 is 25.0 Å². The van der Waals surface area contributed by atoms with Gasteiger partial charge in [-0.1, -0.05) is 18.2 Å². The number of anilines is 1. The Morgan fingerprint density at radius 2 is 1.69 bits per heavy atom. The van der Waals surface area contributed by atoms with E-state index in [9.17, 15) is 9.59 Å². The minimum atomic E-state index is -0.357. The van der Waals surface area contributed by atoms with Gasteiger partial charge in [0.2, 0.25) is 5.91 Å². The van der Waals surface area contributed by atoms with Crippen LogP contribution in [0, 0.1) is 0 Å². The molecule has 32 heavy (non-hydrogen) atoms. The summed E-state index contributed by atoms with van der Waals surface area (Å²) >= 11 is 0. The Labute approximate surface area is 190 Å². The maximum atomic E-state index is 11.6. The zero-order chi connectivity index (χ0) is 23.1. The molecular formula is C25H33N3O4. The number of ether oxygens (including phenoxy) is 2. The standard InChI is InChI=1S/C25H33N3O4/c1-17(29)28(3)22-10-5-18(6-11-22)19-7-14-24(31-4)20(15-19)16-27-21-8-12-23(13-9-21)32-25(30)26-2/h5-7,10-11,14-15,21,23,27H,8-9,12-13,16H2,1-4H3,(H,26,30). The van der Waals surface area contributed by atoms with Gasteiger partial charge in [-0.3, -0.25) is 4.79 Å². The highest BCUT2D eigenvalue weighted by atomic mass is 16.6. The van der Waals surface area contributed by atoms with Crippen molar-refractivity contribution in [2.24, 2.45) is 0 Å². The predicted molar refractivity (Wildman–Crippen MR) is 126 cm³/mol. The lowest BCUT2D eigenvalue weighted by atomic mass is 9.92. The molecule has 0 saturated heterocycles. The van der Waals surface area contributed by atoms with Gasteiger partial charge >= 0.3 is 6.09 Å². The van der Waals surface area contributed by atoms with Crippen LogP contribution in [0.25, 0.3) is 11.1 Å². The first-order valence-electron chi connectivity index (χ1n) is 11.0. The minimum absolute atomic E-state index is 0.00381. The van der Waals surface area contributed by atoms with Gasteiger partial charge in [-0.25, -0.2) is 4.79 Å². The van der Waals surface area contributed by atoms with Crippen molar-refractivity contribution in [3.8, 4) is 16.9 Å². The van der Waals surface area contributed by atoms with Gasteiger partial charge in [-0.05, 0) is 61.1 Å². The first-order valence-corrected chi connectivity index (χ1v) is 11.0. The number of alkyl carbamates (subject to hydrolysis) is 1. The normalized spacial score (nSPS) is 18.0. The Kier molecular flexibility index (Phi) is 8.11. The van der Waals surface area contributed by atoms with Crippen LogP contribution in [0.2, 0.25) is 0 Å². The zero-order valence-electron chi connectivity index (χ0n) is 19.3. The van der Waals surface area contributed by atoms with E-state index in [1.165, 1.54) is 0 Å². The zero-order valence-corrected chi connectivity index (χ0v) is 19.3. The van der Waals surface area contributed by atoms with Gasteiger partial charge in [0, 0.05) is 44.9 Å². The SMILES string of the molecule is CNC(=O)OC1CCC(NCc2cc(-c3ccc(N(C)C(C)=O)cc3)ccc2OC)CC1. The van der Waals surface area contributed by atoms with Crippen molar-refractivity contribution in [2.45, 2.75) is 51.3 Å². The van der Waals surface area contributed by atoms with Gasteiger partial charge in [0.05, 0.1) is 7.11 Å². The molecule has 0 aromatic heterocycles. The Morgan fingerprint density at radius 3 is 2.28 bits per heavy atom. The number of carbonyl (C=O) groups excluding carboxylic acids is 2. The smallest absolute Gasteiger partial charge is 0.407 e. The van der Waals surface area contributed by atoms with Crippen LogP contribution in [0.15, 0.2) is 42.5 Å². The fourth-order valence-electron chi connectivity index (χ4n) is 4.00. The van der Waals surface area contributed by atoms with Crippen molar-refractivity contribution in [3.63, 3.8) is 0 Å². The van der Waals surface area contributed by atoms with E-state index in [1.807, 2.05) is 36.4 Å². The average molecular weight is 440 g/mol. The number of nitrogens with zero attached hydrogens (tertiary/aromatic N) is 1. The fraction of sp³-hybridized carbons (Fsp3) is 0.440. The van der Waals surface area contributed by atoms with Crippen LogP contribution >= 0.6 is 0 Å². The molecule has 0 aliphatic heterocycles. The van der Waals surface area contributed by atoms with Crippen LogP contribution in [0.4, 0.5) is 10.5 Å². The highest BCUT2D eigenvalue weighted by Gasteiger charge is 2.23. The second-order valence-corrected chi connectivity index (χ2v) is 8.16. The lowest BCUT2D eigenvalue weighted by Gasteiger charge is -2.29. The molecule has 0 spiro atoms. The lowest BCUT2D eigenvalue weighted by molar-refractivity contribution is -0.116. The summed E-state index contributed by atoms with van der Waals surface area (Å²) in [7, 11) is 5.04. The maximum Gasteiger partial charge on any atom is 0.407 e. The summed E-state index contributed by atoms with van der Waals surface area (Å²) in [6.45, 7) is 2.26. The van der Waals surface area contributed by atoms with Crippen LogP contribution in [0.3, 0.4) is 0 Å². The van der Waals surface area contributed by atoms with E-state index in [2.05, 4.69) is 16.7 Å². The molecule has 2 amide bonds. The molecule has 2 N–H and O–H groups in total. The molecule has 2 aromatic carbocycles. The van der Waals surface area contributed by atoms with E-state index in [4.69, 9.17) is 9.47 Å². The predicted octanol–water partition coefficient (Wildman–Crippen LogP) is 4.10. The van der Waals surface area contributed by atoms with E-state index in [0.717, 1.165) is 53.8 Å². The monoisotopic (exact) mass is 439 g/mol. The Morgan fingerprint density at radius 1 is 1.03 bits per heavy atom. The van der Waals surface area contributed by atoms with Gasteiger partial charge in [0.1, 0.15) is 11.9 Å². The third kappa shape index (κ3) is 6.01. The molecule has 1 aliphatic carbocycles. The van der Waals surface area contributed by atoms with Crippen molar-refractivity contribution in [3.05, 3.63) is 48.0 Å². The molecule has 0 bridgehead atoms. The lowest BCUT2D eigenvalue weighted by Crippen LogP contribution is -2.36. The molecule has 172 valence electrons. The third-order valence-electron chi connectivity index (χ3n) is 6.07. The van der Waals surface area contributed by atoms with Crippen LogP contribution in [-0.4, -0.2) is 45.4 Å². The molecule has 7 heteroatoms. The largest absolute Gasteiger partial charge is 0.496 e. The minimum Gasteiger partial charge on any atom is -0.496 e. The van der Waals surface area contributed by atoms with Crippen molar-refractivity contribution in [1.82, 2.24) is 10.6 Å². The van der Waals surface area contributed by atoms with Crippen LogP contribution in [0.5, 0.6) is 5.75 Å². The number of hydrogen-bond donors (Lipinski definition) is 2. The van der Waals surface area contributed by atoms with E-state index in [1.54, 1.807) is 33.0 Å². The van der Waals surface area contributed by atoms with E-state index < -0.39 is 0 Å². The Balaban J connectivity index is 1.63. The van der Waals surface area contributed by atoms with E-state index in [-0.39, 0.29) is 18.1 Å². The second-order valence-electron chi connectivity index (χ2n) is 8.16. The van der Waals surface area contributed by atoms with Crippen LogP contribution in [0.1, 0.15) is 38.2 Å². The number of nitrogens with one attached hydrogen (secondary N) is 2. The van der Waals surface area contributed by atoms with Gasteiger partial charge in [-0.2, -0.15) is 0 Å². The maximum absolute atomic E-state index is 11.6. The highest BCUT2D eigenvalue weighted by Crippen LogP contribution is 2.29. The van der Waals surface area contributed by atoms with Crippen LogP contribution < -0.4 is 20.3 Å². The average Bonchev–Trinajstić information content (AvgIpc) is 2.82. The van der Waals surface area contributed by atoms with Crippen molar-refractivity contribution in [1.29, 1.82) is 0 Å². The van der Waals surface area contributed by atoms with Crippen molar-refractivity contribution < 1.29 is 19.1 Å². The highest BCUT2D eigenvalue weighted by molar-refractivity contribution is 5.91. The molecule has 0 unspecified atom stereocenters. The number of benzene rings is 2.